The summed E-state index contributed by atoms with van der Waals surface area (Å²) in [7, 11) is 0. The Labute approximate surface area is 90.8 Å². The molecule has 0 heterocycles. The molecule has 0 spiro atoms. The summed E-state index contributed by atoms with van der Waals surface area (Å²) >= 11 is -0.500. The van der Waals surface area contributed by atoms with Crippen molar-refractivity contribution in [2.75, 3.05) is 11.5 Å². The van der Waals surface area contributed by atoms with Crippen molar-refractivity contribution in [2.24, 2.45) is 11.8 Å². The van der Waals surface area contributed by atoms with Crippen LogP contribution in [0.15, 0.2) is 0 Å². The zero-order valence-corrected chi connectivity index (χ0v) is 9.86. The van der Waals surface area contributed by atoms with Gasteiger partial charge in [-0.05, 0) is 25.7 Å². The van der Waals surface area contributed by atoms with Gasteiger partial charge in [-0.1, -0.05) is 36.9 Å². The molecule has 0 N–H and O–H groups in total. The lowest BCUT2D eigenvalue weighted by atomic mass is 10.1. The van der Waals surface area contributed by atoms with E-state index in [1.54, 1.807) is 0 Å². The van der Waals surface area contributed by atoms with E-state index in [1.165, 1.54) is 51.4 Å². The Balaban J connectivity index is 1.64. The summed E-state index contributed by atoms with van der Waals surface area (Å²) < 4.78 is 11.9. The largest absolute Gasteiger partial charge is 0.616 e. The Kier molecular flexibility index (Phi) is 4.18. The van der Waals surface area contributed by atoms with Crippen molar-refractivity contribution in [2.45, 2.75) is 51.4 Å². The van der Waals surface area contributed by atoms with E-state index in [0.29, 0.717) is 0 Å². The minimum atomic E-state index is -0.500. The Morgan fingerprint density at radius 3 is 1.50 bits per heavy atom. The van der Waals surface area contributed by atoms with Crippen molar-refractivity contribution < 1.29 is 4.55 Å². The Hall–Kier alpha value is 0.310. The number of rotatable bonds is 4. The molecular formula is C12H22OS. The fourth-order valence-electron chi connectivity index (χ4n) is 2.95. The first-order chi connectivity index (χ1) is 6.84. The molecule has 0 radical (unpaired) electrons. The van der Waals surface area contributed by atoms with Gasteiger partial charge in [0.1, 0.15) is 11.5 Å². The molecule has 2 saturated carbocycles. The second-order valence-corrected chi connectivity index (χ2v) is 6.62. The highest BCUT2D eigenvalue weighted by Gasteiger charge is 2.25. The summed E-state index contributed by atoms with van der Waals surface area (Å²) in [6, 6.07) is 0. The Morgan fingerprint density at radius 1 is 0.786 bits per heavy atom. The van der Waals surface area contributed by atoms with Crippen LogP contribution in [0.4, 0.5) is 0 Å². The summed E-state index contributed by atoms with van der Waals surface area (Å²) in [6.07, 6.45) is 10.9. The Bertz CT molecular complexity index is 142. The molecule has 0 aromatic rings. The minimum Gasteiger partial charge on any atom is -0.616 e. The molecule has 2 aliphatic rings. The molecule has 0 bridgehead atoms. The SMILES string of the molecule is [O-][S+](CC1CCCC1)CC1CCCC1. The van der Waals surface area contributed by atoms with Crippen molar-refractivity contribution >= 4 is 11.2 Å². The molecule has 1 nitrogen and oxygen atoms in total. The molecule has 2 rings (SSSR count). The predicted octanol–water partition coefficient (Wildman–Crippen LogP) is 3.12. The topological polar surface area (TPSA) is 23.1 Å². The van der Waals surface area contributed by atoms with Gasteiger partial charge in [-0.15, -0.1) is 0 Å². The van der Waals surface area contributed by atoms with Gasteiger partial charge < -0.3 is 4.55 Å². The van der Waals surface area contributed by atoms with Gasteiger partial charge in [0.25, 0.3) is 0 Å². The highest BCUT2D eigenvalue weighted by atomic mass is 32.2. The van der Waals surface area contributed by atoms with Crippen molar-refractivity contribution in [3.63, 3.8) is 0 Å². The maximum atomic E-state index is 11.9. The quantitative estimate of drug-likeness (QED) is 0.659. The molecule has 0 amide bonds. The van der Waals surface area contributed by atoms with Crippen LogP contribution in [-0.4, -0.2) is 16.1 Å². The predicted molar refractivity (Wildman–Crippen MR) is 61.8 cm³/mol. The van der Waals surface area contributed by atoms with Crippen LogP contribution < -0.4 is 0 Å². The van der Waals surface area contributed by atoms with Crippen LogP contribution in [-0.2, 0) is 11.2 Å². The van der Waals surface area contributed by atoms with Gasteiger partial charge in [-0.3, -0.25) is 0 Å². The van der Waals surface area contributed by atoms with Crippen LogP contribution >= 0.6 is 0 Å². The second-order valence-electron chi connectivity index (χ2n) is 5.07. The molecule has 14 heavy (non-hydrogen) atoms. The highest BCUT2D eigenvalue weighted by Crippen LogP contribution is 2.29. The molecule has 0 aromatic heterocycles. The second kappa shape index (κ2) is 5.41. The van der Waals surface area contributed by atoms with Gasteiger partial charge >= 0.3 is 0 Å². The number of hydrogen-bond donors (Lipinski definition) is 0. The fraction of sp³-hybridized carbons (Fsp3) is 1.00. The van der Waals surface area contributed by atoms with Crippen LogP contribution in [0, 0.1) is 11.8 Å². The summed E-state index contributed by atoms with van der Waals surface area (Å²) in [5.41, 5.74) is 0. The van der Waals surface area contributed by atoms with Gasteiger partial charge in [-0.2, -0.15) is 0 Å². The van der Waals surface area contributed by atoms with E-state index in [4.69, 9.17) is 0 Å². The molecule has 0 unspecified atom stereocenters. The lowest BCUT2D eigenvalue weighted by Gasteiger charge is -2.17. The van der Waals surface area contributed by atoms with Crippen LogP contribution in [0.2, 0.25) is 0 Å². The standard InChI is InChI=1S/C12H22OS/c13-14(9-11-5-1-2-6-11)10-12-7-3-4-8-12/h11-12H,1-10H2. The van der Waals surface area contributed by atoms with Crippen LogP contribution in [0.1, 0.15) is 51.4 Å². The summed E-state index contributed by atoms with van der Waals surface area (Å²) in [5, 5.41) is 0. The highest BCUT2D eigenvalue weighted by molar-refractivity contribution is 7.91. The average Bonchev–Trinajstić information content (AvgIpc) is 2.76. The molecule has 82 valence electrons. The molecule has 2 fully saturated rings. The molecule has 0 aliphatic heterocycles. The maximum absolute atomic E-state index is 11.9. The molecule has 2 aliphatic carbocycles. The first-order valence-corrected chi connectivity index (χ1v) is 7.68. The Morgan fingerprint density at radius 2 is 1.14 bits per heavy atom. The van der Waals surface area contributed by atoms with Crippen molar-refractivity contribution in [1.29, 1.82) is 0 Å². The summed E-state index contributed by atoms with van der Waals surface area (Å²) in [6.45, 7) is 0. The zero-order valence-electron chi connectivity index (χ0n) is 9.04. The van der Waals surface area contributed by atoms with Crippen LogP contribution in [0.25, 0.3) is 0 Å². The smallest absolute Gasteiger partial charge is 0.108 e. The minimum absolute atomic E-state index is 0.500. The van der Waals surface area contributed by atoms with Gasteiger partial charge in [0, 0.05) is 11.8 Å². The average molecular weight is 214 g/mol. The number of hydrogen-bond acceptors (Lipinski definition) is 1. The molecule has 0 aromatic carbocycles. The summed E-state index contributed by atoms with van der Waals surface area (Å²) in [5.74, 6) is 3.63. The summed E-state index contributed by atoms with van der Waals surface area (Å²) in [4.78, 5) is 0. The molecular weight excluding hydrogens is 192 g/mol. The normalized spacial score (nSPS) is 25.3. The third kappa shape index (κ3) is 3.16. The van der Waals surface area contributed by atoms with Crippen LogP contribution in [0.3, 0.4) is 0 Å². The van der Waals surface area contributed by atoms with Gasteiger partial charge in [0.15, 0.2) is 0 Å². The van der Waals surface area contributed by atoms with E-state index < -0.39 is 11.2 Å². The van der Waals surface area contributed by atoms with Gasteiger partial charge in [0.2, 0.25) is 0 Å². The van der Waals surface area contributed by atoms with E-state index in [1.807, 2.05) is 0 Å². The first-order valence-electron chi connectivity index (χ1n) is 6.19. The van der Waals surface area contributed by atoms with Gasteiger partial charge in [0.05, 0.1) is 0 Å². The van der Waals surface area contributed by atoms with Gasteiger partial charge in [-0.25, -0.2) is 0 Å². The third-order valence-electron chi connectivity index (χ3n) is 3.79. The lowest BCUT2D eigenvalue weighted by Crippen LogP contribution is -2.21. The lowest BCUT2D eigenvalue weighted by molar-refractivity contribution is 0.535. The van der Waals surface area contributed by atoms with Crippen molar-refractivity contribution in [1.82, 2.24) is 0 Å². The van der Waals surface area contributed by atoms with E-state index in [9.17, 15) is 4.55 Å². The monoisotopic (exact) mass is 214 g/mol. The van der Waals surface area contributed by atoms with E-state index in [0.717, 1.165) is 23.3 Å². The van der Waals surface area contributed by atoms with Crippen molar-refractivity contribution in [3.05, 3.63) is 0 Å². The van der Waals surface area contributed by atoms with Crippen molar-refractivity contribution in [3.8, 4) is 0 Å². The maximum Gasteiger partial charge on any atom is 0.108 e. The zero-order chi connectivity index (χ0) is 9.80. The molecule has 0 atom stereocenters. The molecule has 2 heteroatoms. The van der Waals surface area contributed by atoms with E-state index >= 15 is 0 Å². The van der Waals surface area contributed by atoms with E-state index in [2.05, 4.69) is 0 Å². The third-order valence-corrected chi connectivity index (χ3v) is 5.48. The van der Waals surface area contributed by atoms with E-state index in [-0.39, 0.29) is 0 Å². The molecule has 0 saturated heterocycles. The fourth-order valence-corrected chi connectivity index (χ4v) is 4.80. The van der Waals surface area contributed by atoms with Crippen LogP contribution in [0.5, 0.6) is 0 Å². The first kappa shape index (κ1) is 10.8.